The summed E-state index contributed by atoms with van der Waals surface area (Å²) in [4.78, 5) is 28.1. The fourth-order valence-electron chi connectivity index (χ4n) is 1.88. The van der Waals surface area contributed by atoms with Crippen molar-refractivity contribution in [3.05, 3.63) is 46.3 Å². The summed E-state index contributed by atoms with van der Waals surface area (Å²) in [6.45, 7) is -0.155. The Morgan fingerprint density at radius 3 is 2.96 bits per heavy atom. The molecule has 6 nitrogen and oxygen atoms in total. The monoisotopic (exact) mass is 377 g/mol. The number of thioether (sulfide) groups is 1. The fourth-order valence-corrected chi connectivity index (χ4v) is 3.46. The Labute approximate surface area is 151 Å². The maximum absolute atomic E-state index is 11.9. The van der Waals surface area contributed by atoms with Gasteiger partial charge >= 0.3 is 0 Å². The number of hydrogen-bond acceptors (Lipinski definition) is 7. The van der Waals surface area contributed by atoms with Crippen LogP contribution >= 0.6 is 35.3 Å². The number of anilines is 1. The largest absolute Gasteiger partial charge is 0.483 e. The molecular formula is C15H11N3O3S3. The molecule has 1 aliphatic heterocycles. The van der Waals surface area contributed by atoms with Crippen LogP contribution in [0.4, 0.5) is 5.13 Å². The lowest BCUT2D eigenvalue weighted by Gasteiger charge is -2.09. The number of rotatable bonds is 5. The van der Waals surface area contributed by atoms with E-state index in [1.807, 2.05) is 6.07 Å². The highest BCUT2D eigenvalue weighted by molar-refractivity contribution is 8.26. The molecule has 9 heteroatoms. The Morgan fingerprint density at radius 2 is 2.25 bits per heavy atom. The lowest BCUT2D eigenvalue weighted by atomic mass is 10.2. The SMILES string of the molecule is O=C(COc1ccccc1/C=C1\SC(=S)NC1=O)Nc1nccs1. The maximum atomic E-state index is 11.9. The molecule has 0 atom stereocenters. The Kier molecular flexibility index (Phi) is 5.24. The van der Waals surface area contributed by atoms with Crippen LogP contribution < -0.4 is 15.4 Å². The average molecular weight is 377 g/mol. The van der Waals surface area contributed by atoms with Crippen LogP contribution in [0.2, 0.25) is 0 Å². The number of hydrogen-bond donors (Lipinski definition) is 2. The van der Waals surface area contributed by atoms with Crippen molar-refractivity contribution in [1.29, 1.82) is 0 Å². The summed E-state index contributed by atoms with van der Waals surface area (Å²) < 4.78 is 5.99. The van der Waals surface area contributed by atoms with E-state index in [0.717, 1.165) is 0 Å². The molecule has 0 radical (unpaired) electrons. The van der Waals surface area contributed by atoms with Crippen LogP contribution in [0.5, 0.6) is 5.75 Å². The molecule has 0 spiro atoms. The van der Waals surface area contributed by atoms with Gasteiger partial charge in [-0.3, -0.25) is 14.9 Å². The van der Waals surface area contributed by atoms with Gasteiger partial charge in [-0.2, -0.15) is 0 Å². The van der Waals surface area contributed by atoms with E-state index in [1.54, 1.807) is 35.9 Å². The molecule has 0 unspecified atom stereocenters. The van der Waals surface area contributed by atoms with E-state index in [1.165, 1.54) is 23.1 Å². The highest BCUT2D eigenvalue weighted by Crippen LogP contribution is 2.29. The zero-order valence-electron chi connectivity index (χ0n) is 12.1. The average Bonchev–Trinajstić information content (AvgIpc) is 3.16. The van der Waals surface area contributed by atoms with E-state index < -0.39 is 0 Å². The summed E-state index contributed by atoms with van der Waals surface area (Å²) in [7, 11) is 0. The van der Waals surface area contributed by atoms with Crippen LogP contribution in [-0.4, -0.2) is 27.7 Å². The topological polar surface area (TPSA) is 80.3 Å². The number of thiocarbonyl (C=S) groups is 1. The number of ether oxygens (including phenoxy) is 1. The molecular weight excluding hydrogens is 366 g/mol. The van der Waals surface area contributed by atoms with Crippen molar-refractivity contribution in [2.45, 2.75) is 0 Å². The van der Waals surface area contributed by atoms with Crippen LogP contribution in [0.3, 0.4) is 0 Å². The quantitative estimate of drug-likeness (QED) is 0.616. The number of nitrogens with one attached hydrogen (secondary N) is 2. The summed E-state index contributed by atoms with van der Waals surface area (Å²) in [5.74, 6) is -0.0339. The molecule has 2 amide bonds. The summed E-state index contributed by atoms with van der Waals surface area (Å²) in [5, 5.41) is 7.49. The number of para-hydroxylation sites is 1. The highest BCUT2D eigenvalue weighted by Gasteiger charge is 2.22. The molecule has 122 valence electrons. The van der Waals surface area contributed by atoms with E-state index >= 15 is 0 Å². The van der Waals surface area contributed by atoms with Gasteiger partial charge in [0.05, 0.1) is 4.91 Å². The summed E-state index contributed by atoms with van der Waals surface area (Å²) in [6.07, 6.45) is 3.30. The van der Waals surface area contributed by atoms with Crippen molar-refractivity contribution in [2.75, 3.05) is 11.9 Å². The molecule has 1 fully saturated rings. The van der Waals surface area contributed by atoms with Gasteiger partial charge in [-0.05, 0) is 12.1 Å². The van der Waals surface area contributed by atoms with Crippen molar-refractivity contribution in [1.82, 2.24) is 10.3 Å². The minimum atomic E-state index is -0.304. The number of thiazole rings is 1. The Bertz CT molecular complexity index is 818. The normalized spacial score (nSPS) is 15.4. The third-order valence-corrected chi connectivity index (χ3v) is 4.74. The maximum Gasteiger partial charge on any atom is 0.264 e. The fraction of sp³-hybridized carbons (Fsp3) is 0.0667. The number of carbonyl (C=O) groups is 2. The van der Waals surface area contributed by atoms with Gasteiger partial charge in [0, 0.05) is 17.1 Å². The third-order valence-electron chi connectivity index (χ3n) is 2.89. The lowest BCUT2D eigenvalue weighted by molar-refractivity contribution is -0.118. The van der Waals surface area contributed by atoms with Gasteiger partial charge in [0.1, 0.15) is 10.1 Å². The Balaban J connectivity index is 1.68. The van der Waals surface area contributed by atoms with E-state index in [9.17, 15) is 9.59 Å². The first-order chi connectivity index (χ1) is 11.6. The second-order valence-electron chi connectivity index (χ2n) is 4.56. The van der Waals surface area contributed by atoms with Crippen molar-refractivity contribution in [3.63, 3.8) is 0 Å². The van der Waals surface area contributed by atoms with Gasteiger partial charge in [0.2, 0.25) is 0 Å². The van der Waals surface area contributed by atoms with E-state index in [-0.39, 0.29) is 18.4 Å². The van der Waals surface area contributed by atoms with Crippen molar-refractivity contribution in [2.24, 2.45) is 0 Å². The molecule has 0 saturated carbocycles. The molecule has 2 N–H and O–H groups in total. The van der Waals surface area contributed by atoms with Crippen molar-refractivity contribution >= 4 is 62.7 Å². The number of carbonyl (C=O) groups excluding carboxylic acids is 2. The van der Waals surface area contributed by atoms with Crippen LogP contribution in [-0.2, 0) is 9.59 Å². The van der Waals surface area contributed by atoms with Crippen LogP contribution in [0, 0.1) is 0 Å². The lowest BCUT2D eigenvalue weighted by Crippen LogP contribution is -2.20. The zero-order valence-corrected chi connectivity index (χ0v) is 14.6. The third kappa shape index (κ3) is 4.19. The molecule has 1 aliphatic rings. The molecule has 2 aromatic rings. The van der Waals surface area contributed by atoms with E-state index in [0.29, 0.717) is 25.7 Å². The molecule has 0 bridgehead atoms. The smallest absolute Gasteiger partial charge is 0.264 e. The minimum Gasteiger partial charge on any atom is -0.483 e. The molecule has 1 aromatic heterocycles. The Morgan fingerprint density at radius 1 is 1.42 bits per heavy atom. The van der Waals surface area contributed by atoms with Crippen LogP contribution in [0.25, 0.3) is 6.08 Å². The number of amides is 2. The predicted molar refractivity (Wildman–Crippen MR) is 99.0 cm³/mol. The first-order valence-electron chi connectivity index (χ1n) is 6.78. The molecule has 3 rings (SSSR count). The first kappa shape index (κ1) is 16.6. The standard InChI is InChI=1S/C15H11N3O3S3/c19-12(17-14-16-5-6-23-14)8-21-10-4-2-1-3-9(10)7-11-13(20)18-15(22)24-11/h1-7H,8H2,(H,16,17,19)(H,18,20,22)/b11-7-. The molecule has 24 heavy (non-hydrogen) atoms. The minimum absolute atomic E-state index is 0.155. The molecule has 1 saturated heterocycles. The van der Waals surface area contributed by atoms with Crippen molar-refractivity contribution in [3.8, 4) is 5.75 Å². The summed E-state index contributed by atoms with van der Waals surface area (Å²) in [6, 6.07) is 7.16. The zero-order chi connectivity index (χ0) is 16.9. The number of aromatic nitrogens is 1. The van der Waals surface area contributed by atoms with Gasteiger partial charge in [-0.15, -0.1) is 11.3 Å². The van der Waals surface area contributed by atoms with Crippen LogP contribution in [0.15, 0.2) is 40.7 Å². The summed E-state index contributed by atoms with van der Waals surface area (Å²) >= 11 is 7.49. The van der Waals surface area contributed by atoms with Gasteiger partial charge in [-0.25, -0.2) is 4.98 Å². The summed E-state index contributed by atoms with van der Waals surface area (Å²) in [5.41, 5.74) is 0.696. The molecule has 1 aromatic carbocycles. The van der Waals surface area contributed by atoms with Gasteiger partial charge < -0.3 is 10.1 Å². The van der Waals surface area contributed by atoms with Gasteiger partial charge in [0.15, 0.2) is 11.7 Å². The van der Waals surface area contributed by atoms with E-state index in [4.69, 9.17) is 17.0 Å². The van der Waals surface area contributed by atoms with E-state index in [2.05, 4.69) is 15.6 Å². The van der Waals surface area contributed by atoms with Crippen LogP contribution in [0.1, 0.15) is 5.56 Å². The molecule has 0 aliphatic carbocycles. The van der Waals surface area contributed by atoms with Crippen molar-refractivity contribution < 1.29 is 14.3 Å². The Hall–Kier alpha value is -2.23. The van der Waals surface area contributed by atoms with Gasteiger partial charge in [0.25, 0.3) is 11.8 Å². The second-order valence-corrected chi connectivity index (χ2v) is 7.18. The predicted octanol–water partition coefficient (Wildman–Crippen LogP) is 2.65. The second kappa shape index (κ2) is 7.56. The first-order valence-corrected chi connectivity index (χ1v) is 8.88. The molecule has 2 heterocycles. The van der Waals surface area contributed by atoms with Gasteiger partial charge in [-0.1, -0.05) is 42.2 Å². The number of nitrogens with zero attached hydrogens (tertiary/aromatic N) is 1. The highest BCUT2D eigenvalue weighted by atomic mass is 32.2. The number of benzene rings is 1.